The number of hydrogen-bond donors (Lipinski definition) is 3. The van der Waals surface area contributed by atoms with Gasteiger partial charge in [-0.25, -0.2) is 19.5 Å². The molecule has 0 spiro atoms. The average molecular weight is 471 g/mol. The zero-order chi connectivity index (χ0) is 24.9. The largest absolute Gasteiger partial charge is 0.444 e. The van der Waals surface area contributed by atoms with E-state index in [-0.39, 0.29) is 24.4 Å². The minimum absolute atomic E-state index is 0.131. The highest BCUT2D eigenvalue weighted by Gasteiger charge is 2.46. The number of carbonyl (C=O) groups excluding carboxylic acids is 3. The molecule has 0 saturated heterocycles. The fourth-order valence-corrected chi connectivity index (χ4v) is 3.52. The molecule has 2 atom stereocenters. The summed E-state index contributed by atoms with van der Waals surface area (Å²) >= 11 is 0. The third-order valence-electron chi connectivity index (χ3n) is 5.20. The molecule has 10 nitrogen and oxygen atoms in total. The maximum atomic E-state index is 13.3. The first kappa shape index (κ1) is 25.0. The van der Waals surface area contributed by atoms with Gasteiger partial charge >= 0.3 is 12.1 Å². The highest BCUT2D eigenvalue weighted by atomic mass is 17.2. The molecule has 0 saturated carbocycles. The van der Waals surface area contributed by atoms with Crippen molar-refractivity contribution in [2.45, 2.75) is 64.1 Å². The Morgan fingerprint density at radius 2 is 1.82 bits per heavy atom. The summed E-state index contributed by atoms with van der Waals surface area (Å²) in [6, 6.07) is 10.0. The Morgan fingerprint density at radius 3 is 2.50 bits per heavy atom. The van der Waals surface area contributed by atoms with E-state index in [2.05, 4.69) is 15.6 Å². The van der Waals surface area contributed by atoms with Gasteiger partial charge in [0.15, 0.2) is 0 Å². The van der Waals surface area contributed by atoms with Crippen molar-refractivity contribution >= 4 is 23.7 Å². The number of fused-ring (bicyclic) bond motifs is 1. The monoisotopic (exact) mass is 470 g/mol. The number of pyridine rings is 1. The minimum Gasteiger partial charge on any atom is -0.444 e. The van der Waals surface area contributed by atoms with Gasteiger partial charge in [0.1, 0.15) is 16.8 Å². The number of ether oxygens (including phenoxy) is 1. The Morgan fingerprint density at radius 1 is 1.12 bits per heavy atom. The van der Waals surface area contributed by atoms with Crippen LogP contribution in [-0.4, -0.2) is 40.1 Å². The van der Waals surface area contributed by atoms with Crippen molar-refractivity contribution in [2.75, 3.05) is 5.32 Å². The van der Waals surface area contributed by atoms with Gasteiger partial charge in [0.25, 0.3) is 5.88 Å². The number of rotatable bonds is 6. The number of aryl methyl sites for hydroxylation is 1. The average Bonchev–Trinajstić information content (AvgIpc) is 2.76. The summed E-state index contributed by atoms with van der Waals surface area (Å²) in [5.74, 6) is -1.41. The third-order valence-corrected chi connectivity index (χ3v) is 5.20. The lowest BCUT2D eigenvalue weighted by atomic mass is 9.78. The second kappa shape index (κ2) is 10.1. The van der Waals surface area contributed by atoms with Crippen LogP contribution in [0.4, 0.5) is 10.5 Å². The summed E-state index contributed by atoms with van der Waals surface area (Å²) < 4.78 is 5.38. The van der Waals surface area contributed by atoms with Gasteiger partial charge < -0.3 is 21.1 Å². The number of carbonyl (C=O) groups is 3. The number of nitrogens with one attached hydrogen (secondary N) is 2. The molecule has 4 N–H and O–H groups in total. The van der Waals surface area contributed by atoms with Gasteiger partial charge in [0.2, 0.25) is 5.91 Å². The Balaban J connectivity index is 1.81. The van der Waals surface area contributed by atoms with E-state index < -0.39 is 35.2 Å². The molecule has 1 aromatic heterocycles. The molecule has 0 radical (unpaired) electrons. The van der Waals surface area contributed by atoms with Gasteiger partial charge in [-0.2, -0.15) is 0 Å². The first-order valence-electron chi connectivity index (χ1n) is 11.0. The predicted octanol–water partition coefficient (Wildman–Crippen LogP) is 2.66. The van der Waals surface area contributed by atoms with E-state index in [0.29, 0.717) is 6.42 Å². The summed E-state index contributed by atoms with van der Waals surface area (Å²) in [4.78, 5) is 52.2. The van der Waals surface area contributed by atoms with Crippen LogP contribution in [0.3, 0.4) is 0 Å². The summed E-state index contributed by atoms with van der Waals surface area (Å²) in [6.45, 7) is 6.72. The van der Waals surface area contributed by atoms with E-state index in [0.717, 1.165) is 11.1 Å². The standard InChI is InChI=1S/C24H30N4O6/c1-15(25)19(29)27-18-10-7-13-26-20(18)33-34-21(30)24(28-22(31)32-23(2,3)4)12-11-16-8-5-6-9-17(16)14-24/h5-10,13,15H,11-12,14,25H2,1-4H3,(H,27,29)(H,28,31). The Bertz CT molecular complexity index is 1070. The summed E-state index contributed by atoms with van der Waals surface area (Å²) in [5, 5.41) is 5.27. The smallest absolute Gasteiger partial charge is 0.408 e. The van der Waals surface area contributed by atoms with Crippen molar-refractivity contribution < 1.29 is 28.9 Å². The third kappa shape index (κ3) is 6.22. The van der Waals surface area contributed by atoms with Crippen molar-refractivity contribution in [1.29, 1.82) is 0 Å². The van der Waals surface area contributed by atoms with Crippen molar-refractivity contribution in [3.05, 3.63) is 53.7 Å². The number of nitrogens with zero attached hydrogens (tertiary/aromatic N) is 1. The molecule has 0 bridgehead atoms. The number of amides is 2. The van der Waals surface area contributed by atoms with E-state index in [1.54, 1.807) is 26.8 Å². The van der Waals surface area contributed by atoms with Gasteiger partial charge in [-0.3, -0.25) is 9.68 Å². The van der Waals surface area contributed by atoms with Crippen LogP contribution >= 0.6 is 0 Å². The number of benzene rings is 1. The van der Waals surface area contributed by atoms with E-state index in [4.69, 9.17) is 20.2 Å². The zero-order valence-corrected chi connectivity index (χ0v) is 19.7. The van der Waals surface area contributed by atoms with Crippen LogP contribution in [0.5, 0.6) is 5.88 Å². The molecule has 0 aliphatic heterocycles. The molecule has 2 amide bonds. The van der Waals surface area contributed by atoms with Gasteiger partial charge in [0.05, 0.1) is 6.04 Å². The van der Waals surface area contributed by atoms with Crippen molar-refractivity contribution in [1.82, 2.24) is 10.3 Å². The van der Waals surface area contributed by atoms with E-state index in [1.165, 1.54) is 19.2 Å². The highest BCUT2D eigenvalue weighted by molar-refractivity contribution is 5.95. The van der Waals surface area contributed by atoms with Crippen LogP contribution in [0.2, 0.25) is 0 Å². The molecular weight excluding hydrogens is 440 g/mol. The Labute approximate surface area is 198 Å². The molecular formula is C24H30N4O6. The number of anilines is 1. The Hall–Kier alpha value is -3.66. The van der Waals surface area contributed by atoms with Crippen LogP contribution in [-0.2, 0) is 32.1 Å². The lowest BCUT2D eigenvalue weighted by molar-refractivity contribution is -0.223. The maximum absolute atomic E-state index is 13.3. The maximum Gasteiger partial charge on any atom is 0.408 e. The molecule has 182 valence electrons. The predicted molar refractivity (Wildman–Crippen MR) is 124 cm³/mol. The van der Waals surface area contributed by atoms with Gasteiger partial charge in [-0.05, 0) is 63.8 Å². The normalized spacial score (nSPS) is 18.1. The van der Waals surface area contributed by atoms with Crippen LogP contribution in [0.15, 0.2) is 42.6 Å². The minimum atomic E-state index is -1.42. The molecule has 3 rings (SSSR count). The topological polar surface area (TPSA) is 142 Å². The molecule has 34 heavy (non-hydrogen) atoms. The van der Waals surface area contributed by atoms with Crippen LogP contribution in [0.25, 0.3) is 0 Å². The fourth-order valence-electron chi connectivity index (χ4n) is 3.52. The van der Waals surface area contributed by atoms with Gasteiger partial charge in [-0.1, -0.05) is 24.3 Å². The molecule has 2 unspecified atom stereocenters. The summed E-state index contributed by atoms with van der Waals surface area (Å²) in [5.41, 5.74) is 5.60. The Kier molecular flexibility index (Phi) is 7.41. The molecule has 10 heteroatoms. The molecule has 2 aromatic rings. The fraction of sp³-hybridized carbons (Fsp3) is 0.417. The van der Waals surface area contributed by atoms with Crippen molar-refractivity contribution in [3.63, 3.8) is 0 Å². The molecule has 1 heterocycles. The van der Waals surface area contributed by atoms with Crippen molar-refractivity contribution in [2.24, 2.45) is 5.73 Å². The second-order valence-corrected chi connectivity index (χ2v) is 9.24. The number of nitrogens with two attached hydrogens (primary N) is 1. The summed E-state index contributed by atoms with van der Waals surface area (Å²) in [6.07, 6.45) is 1.69. The zero-order valence-electron chi connectivity index (χ0n) is 19.7. The molecule has 1 aromatic carbocycles. The van der Waals surface area contributed by atoms with Gasteiger partial charge in [-0.15, -0.1) is 0 Å². The second-order valence-electron chi connectivity index (χ2n) is 9.24. The van der Waals surface area contributed by atoms with Crippen LogP contribution in [0, 0.1) is 0 Å². The SMILES string of the molecule is CC(N)C(=O)Nc1cccnc1OOC(=O)C1(NC(=O)OC(C)(C)C)CCc2ccccc2C1. The van der Waals surface area contributed by atoms with Crippen LogP contribution < -0.4 is 21.3 Å². The van der Waals surface area contributed by atoms with E-state index in [1.807, 2.05) is 24.3 Å². The first-order chi connectivity index (χ1) is 16.0. The van der Waals surface area contributed by atoms with Gasteiger partial charge in [0, 0.05) is 12.6 Å². The molecule has 1 aliphatic rings. The van der Waals surface area contributed by atoms with Crippen molar-refractivity contribution in [3.8, 4) is 5.88 Å². The van der Waals surface area contributed by atoms with E-state index in [9.17, 15) is 14.4 Å². The van der Waals surface area contributed by atoms with E-state index >= 15 is 0 Å². The number of alkyl carbamates (subject to hydrolysis) is 1. The van der Waals surface area contributed by atoms with Crippen LogP contribution in [0.1, 0.15) is 45.2 Å². The lowest BCUT2D eigenvalue weighted by Crippen LogP contribution is -2.59. The number of aromatic nitrogens is 1. The first-order valence-corrected chi connectivity index (χ1v) is 11.0. The quantitative estimate of drug-likeness (QED) is 0.432. The molecule has 1 aliphatic carbocycles. The highest BCUT2D eigenvalue weighted by Crippen LogP contribution is 2.31. The number of hydrogen-bond acceptors (Lipinski definition) is 8. The summed E-state index contributed by atoms with van der Waals surface area (Å²) in [7, 11) is 0. The molecule has 0 fully saturated rings. The lowest BCUT2D eigenvalue weighted by Gasteiger charge is -2.36.